The van der Waals surface area contributed by atoms with Crippen LogP contribution in [0.3, 0.4) is 0 Å². The number of likely N-dealkylation sites (tertiary alicyclic amines) is 1. The molecule has 3 nitrogen and oxygen atoms in total. The van der Waals surface area contributed by atoms with Crippen LogP contribution in [0.1, 0.15) is 44.2 Å². The van der Waals surface area contributed by atoms with Gasteiger partial charge in [0.05, 0.1) is 6.54 Å². The average molecular weight is 300 g/mol. The van der Waals surface area contributed by atoms with E-state index in [0.29, 0.717) is 24.5 Å². The van der Waals surface area contributed by atoms with E-state index < -0.39 is 0 Å². The molecule has 1 fully saturated rings. The smallest absolute Gasteiger partial charge is 0.237 e. The molecule has 2 aliphatic rings. The maximum absolute atomic E-state index is 12.8. The SMILES string of the molecule is CC1CCCC(C)N1C(=O)CN1CCc2ccccc2CC1. The van der Waals surface area contributed by atoms with Crippen molar-refractivity contribution in [2.75, 3.05) is 19.6 Å². The van der Waals surface area contributed by atoms with E-state index in [0.717, 1.165) is 38.8 Å². The van der Waals surface area contributed by atoms with Crippen LogP contribution in [0, 0.1) is 0 Å². The molecule has 1 saturated heterocycles. The molecule has 0 N–H and O–H groups in total. The topological polar surface area (TPSA) is 23.6 Å². The fourth-order valence-electron chi connectivity index (χ4n) is 4.06. The predicted octanol–water partition coefficient (Wildman–Crippen LogP) is 2.88. The Morgan fingerprint density at radius 3 is 2.14 bits per heavy atom. The first-order valence-electron chi connectivity index (χ1n) is 8.75. The van der Waals surface area contributed by atoms with E-state index in [-0.39, 0.29) is 0 Å². The molecule has 3 rings (SSSR count). The van der Waals surface area contributed by atoms with E-state index in [2.05, 4.69) is 47.9 Å². The number of rotatable bonds is 2. The summed E-state index contributed by atoms with van der Waals surface area (Å²) >= 11 is 0. The summed E-state index contributed by atoms with van der Waals surface area (Å²) in [7, 11) is 0. The van der Waals surface area contributed by atoms with Crippen molar-refractivity contribution < 1.29 is 4.79 Å². The molecule has 1 aromatic carbocycles. The van der Waals surface area contributed by atoms with Crippen LogP contribution in [0.25, 0.3) is 0 Å². The lowest BCUT2D eigenvalue weighted by Gasteiger charge is -2.40. The summed E-state index contributed by atoms with van der Waals surface area (Å²) in [5, 5.41) is 0. The molecule has 1 aromatic rings. The molecule has 2 heterocycles. The molecule has 2 unspecified atom stereocenters. The molecule has 120 valence electrons. The van der Waals surface area contributed by atoms with Gasteiger partial charge in [0.2, 0.25) is 5.91 Å². The van der Waals surface area contributed by atoms with Gasteiger partial charge in [0, 0.05) is 25.2 Å². The largest absolute Gasteiger partial charge is 0.336 e. The van der Waals surface area contributed by atoms with Gasteiger partial charge in [0.1, 0.15) is 0 Å². The molecule has 1 amide bonds. The molecule has 0 radical (unpaired) electrons. The van der Waals surface area contributed by atoms with Gasteiger partial charge in [-0.2, -0.15) is 0 Å². The maximum Gasteiger partial charge on any atom is 0.237 e. The summed E-state index contributed by atoms with van der Waals surface area (Å²) in [5.74, 6) is 0.325. The Labute approximate surface area is 134 Å². The summed E-state index contributed by atoms with van der Waals surface area (Å²) in [6.45, 7) is 6.99. The van der Waals surface area contributed by atoms with Crippen LogP contribution in [0.2, 0.25) is 0 Å². The van der Waals surface area contributed by atoms with Crippen molar-refractivity contribution in [2.24, 2.45) is 0 Å². The molecule has 2 atom stereocenters. The number of benzene rings is 1. The molecule has 2 aliphatic heterocycles. The standard InChI is InChI=1S/C19H28N2O/c1-15-6-5-7-16(2)21(15)19(22)14-20-12-10-17-8-3-4-9-18(17)11-13-20/h3-4,8-9,15-16H,5-7,10-14H2,1-2H3. The zero-order chi connectivity index (χ0) is 15.5. The number of carbonyl (C=O) groups is 1. The third-order valence-corrected chi connectivity index (χ3v) is 5.35. The van der Waals surface area contributed by atoms with Crippen molar-refractivity contribution in [3.8, 4) is 0 Å². The minimum atomic E-state index is 0.325. The zero-order valence-corrected chi connectivity index (χ0v) is 13.9. The van der Waals surface area contributed by atoms with Crippen LogP contribution < -0.4 is 0 Å². The van der Waals surface area contributed by atoms with Crippen molar-refractivity contribution in [3.63, 3.8) is 0 Å². The Balaban J connectivity index is 1.61. The van der Waals surface area contributed by atoms with Crippen molar-refractivity contribution in [1.29, 1.82) is 0 Å². The Bertz CT molecular complexity index is 491. The molecule has 22 heavy (non-hydrogen) atoms. The Kier molecular flexibility index (Phi) is 4.82. The van der Waals surface area contributed by atoms with E-state index >= 15 is 0 Å². The summed E-state index contributed by atoms with van der Waals surface area (Å²) in [4.78, 5) is 17.2. The Morgan fingerprint density at radius 1 is 1.05 bits per heavy atom. The van der Waals surface area contributed by atoms with Gasteiger partial charge < -0.3 is 4.90 Å². The highest BCUT2D eigenvalue weighted by atomic mass is 16.2. The summed E-state index contributed by atoms with van der Waals surface area (Å²) in [5.41, 5.74) is 2.91. The number of fused-ring (bicyclic) bond motifs is 1. The molecule has 0 saturated carbocycles. The van der Waals surface area contributed by atoms with Gasteiger partial charge in [-0.3, -0.25) is 9.69 Å². The first kappa shape index (κ1) is 15.5. The number of amides is 1. The third-order valence-electron chi connectivity index (χ3n) is 5.35. The molecule has 0 spiro atoms. The van der Waals surface area contributed by atoms with Crippen molar-refractivity contribution >= 4 is 5.91 Å². The third kappa shape index (κ3) is 3.35. The second-order valence-corrected chi connectivity index (χ2v) is 6.97. The molecular formula is C19H28N2O. The molecule has 0 aromatic heterocycles. The van der Waals surface area contributed by atoms with Crippen LogP contribution in [0.5, 0.6) is 0 Å². The Hall–Kier alpha value is -1.35. The van der Waals surface area contributed by atoms with Crippen molar-refractivity contribution in [1.82, 2.24) is 9.80 Å². The summed E-state index contributed by atoms with van der Waals surface area (Å²) in [6, 6.07) is 9.51. The van der Waals surface area contributed by atoms with Crippen LogP contribution in [0.4, 0.5) is 0 Å². The van der Waals surface area contributed by atoms with Gasteiger partial charge in [0.25, 0.3) is 0 Å². The first-order chi connectivity index (χ1) is 10.6. The zero-order valence-electron chi connectivity index (χ0n) is 13.9. The lowest BCUT2D eigenvalue weighted by molar-refractivity contribution is -0.138. The maximum atomic E-state index is 12.8. The first-order valence-corrected chi connectivity index (χ1v) is 8.75. The van der Waals surface area contributed by atoms with Crippen LogP contribution >= 0.6 is 0 Å². The number of hydrogen-bond acceptors (Lipinski definition) is 2. The average Bonchev–Trinajstić information content (AvgIpc) is 2.70. The van der Waals surface area contributed by atoms with E-state index in [4.69, 9.17) is 0 Å². The number of piperidine rings is 1. The van der Waals surface area contributed by atoms with E-state index in [1.165, 1.54) is 17.5 Å². The highest BCUT2D eigenvalue weighted by Crippen LogP contribution is 2.23. The number of nitrogens with zero attached hydrogens (tertiary/aromatic N) is 2. The van der Waals surface area contributed by atoms with Gasteiger partial charge >= 0.3 is 0 Å². The van der Waals surface area contributed by atoms with Gasteiger partial charge in [-0.25, -0.2) is 0 Å². The molecule has 0 bridgehead atoms. The lowest BCUT2D eigenvalue weighted by Crippen LogP contribution is -2.51. The van der Waals surface area contributed by atoms with Crippen molar-refractivity contribution in [2.45, 2.75) is 58.0 Å². The lowest BCUT2D eigenvalue weighted by atomic mass is 9.97. The summed E-state index contributed by atoms with van der Waals surface area (Å²) in [6.07, 6.45) is 5.69. The number of carbonyl (C=O) groups excluding carboxylic acids is 1. The normalized spacial score (nSPS) is 26.4. The van der Waals surface area contributed by atoms with Crippen LogP contribution in [0.15, 0.2) is 24.3 Å². The fraction of sp³-hybridized carbons (Fsp3) is 0.632. The highest BCUT2D eigenvalue weighted by molar-refractivity contribution is 5.79. The molecular weight excluding hydrogens is 272 g/mol. The fourth-order valence-corrected chi connectivity index (χ4v) is 4.06. The van der Waals surface area contributed by atoms with Gasteiger partial charge in [-0.05, 0) is 57.1 Å². The van der Waals surface area contributed by atoms with Gasteiger partial charge in [-0.15, -0.1) is 0 Å². The predicted molar refractivity (Wildman–Crippen MR) is 89.9 cm³/mol. The molecule has 0 aliphatic carbocycles. The van der Waals surface area contributed by atoms with Gasteiger partial charge in [-0.1, -0.05) is 24.3 Å². The van der Waals surface area contributed by atoms with E-state index in [9.17, 15) is 4.79 Å². The second-order valence-electron chi connectivity index (χ2n) is 6.97. The van der Waals surface area contributed by atoms with Crippen molar-refractivity contribution in [3.05, 3.63) is 35.4 Å². The highest BCUT2D eigenvalue weighted by Gasteiger charge is 2.29. The quantitative estimate of drug-likeness (QED) is 0.838. The summed E-state index contributed by atoms with van der Waals surface area (Å²) < 4.78 is 0. The van der Waals surface area contributed by atoms with E-state index in [1.54, 1.807) is 0 Å². The number of hydrogen-bond donors (Lipinski definition) is 0. The monoisotopic (exact) mass is 300 g/mol. The Morgan fingerprint density at radius 2 is 1.59 bits per heavy atom. The van der Waals surface area contributed by atoms with Gasteiger partial charge in [0.15, 0.2) is 0 Å². The minimum absolute atomic E-state index is 0.325. The minimum Gasteiger partial charge on any atom is -0.336 e. The van der Waals surface area contributed by atoms with E-state index in [1.807, 2.05) is 0 Å². The molecule has 3 heteroatoms. The second kappa shape index (κ2) is 6.82. The van der Waals surface area contributed by atoms with Crippen LogP contribution in [-0.4, -0.2) is 47.4 Å². The van der Waals surface area contributed by atoms with Crippen LogP contribution in [-0.2, 0) is 17.6 Å².